The lowest BCUT2D eigenvalue weighted by Gasteiger charge is -2.12. The SMILES string of the molecule is C[C@H](N)c1ccc(OCCN(C)C)c(F)c1. The summed E-state index contributed by atoms with van der Waals surface area (Å²) in [5, 5.41) is 0. The lowest BCUT2D eigenvalue weighted by molar-refractivity contribution is 0.252. The molecule has 0 aromatic heterocycles. The molecule has 0 bridgehead atoms. The number of nitrogens with two attached hydrogens (primary N) is 1. The van der Waals surface area contributed by atoms with Gasteiger partial charge in [0.1, 0.15) is 6.61 Å². The van der Waals surface area contributed by atoms with Gasteiger partial charge < -0.3 is 15.4 Å². The van der Waals surface area contributed by atoms with Gasteiger partial charge in [0.25, 0.3) is 0 Å². The summed E-state index contributed by atoms with van der Waals surface area (Å²) >= 11 is 0. The minimum atomic E-state index is -0.353. The van der Waals surface area contributed by atoms with E-state index >= 15 is 0 Å². The molecule has 4 heteroatoms. The number of hydrogen-bond donors (Lipinski definition) is 1. The number of rotatable bonds is 5. The Balaban J connectivity index is 2.61. The van der Waals surface area contributed by atoms with Crippen molar-refractivity contribution in [3.63, 3.8) is 0 Å². The molecule has 1 aromatic carbocycles. The average molecular weight is 226 g/mol. The van der Waals surface area contributed by atoms with E-state index in [0.717, 1.165) is 12.1 Å². The van der Waals surface area contributed by atoms with E-state index in [0.29, 0.717) is 6.61 Å². The molecule has 2 N–H and O–H groups in total. The van der Waals surface area contributed by atoms with Crippen LogP contribution in [-0.2, 0) is 0 Å². The fourth-order valence-corrected chi connectivity index (χ4v) is 1.26. The Kier molecular flexibility index (Phi) is 4.71. The molecule has 0 radical (unpaired) electrons. The molecule has 0 heterocycles. The number of ether oxygens (including phenoxy) is 1. The van der Waals surface area contributed by atoms with Crippen LogP contribution in [0.3, 0.4) is 0 Å². The molecular formula is C12H19FN2O. The van der Waals surface area contributed by atoms with Crippen molar-refractivity contribution in [2.75, 3.05) is 27.2 Å². The summed E-state index contributed by atoms with van der Waals surface area (Å²) in [5.41, 5.74) is 6.43. The lowest BCUT2D eigenvalue weighted by Crippen LogP contribution is -2.19. The first-order chi connectivity index (χ1) is 7.50. The largest absolute Gasteiger partial charge is 0.489 e. The number of halogens is 1. The molecule has 1 atom stereocenters. The van der Waals surface area contributed by atoms with Crippen LogP contribution in [0.2, 0.25) is 0 Å². The van der Waals surface area contributed by atoms with Crippen molar-refractivity contribution in [3.05, 3.63) is 29.6 Å². The average Bonchev–Trinajstić information content (AvgIpc) is 2.19. The van der Waals surface area contributed by atoms with Gasteiger partial charge in [0.2, 0.25) is 0 Å². The maximum atomic E-state index is 13.5. The predicted molar refractivity (Wildman–Crippen MR) is 63.1 cm³/mol. The highest BCUT2D eigenvalue weighted by Crippen LogP contribution is 2.20. The fraction of sp³-hybridized carbons (Fsp3) is 0.500. The maximum Gasteiger partial charge on any atom is 0.165 e. The Morgan fingerprint density at radius 2 is 2.12 bits per heavy atom. The summed E-state index contributed by atoms with van der Waals surface area (Å²) in [5.74, 6) is -0.0696. The Bertz CT molecular complexity index is 340. The van der Waals surface area contributed by atoms with Crippen LogP contribution in [-0.4, -0.2) is 32.1 Å². The second-order valence-corrected chi connectivity index (χ2v) is 4.13. The molecule has 0 fully saturated rings. The second kappa shape index (κ2) is 5.82. The van der Waals surface area contributed by atoms with Gasteiger partial charge in [0, 0.05) is 12.6 Å². The van der Waals surface area contributed by atoms with Crippen LogP contribution in [0.25, 0.3) is 0 Å². The molecule has 1 rings (SSSR count). The Hall–Kier alpha value is -1.13. The van der Waals surface area contributed by atoms with Crippen LogP contribution in [0.5, 0.6) is 5.75 Å². The van der Waals surface area contributed by atoms with Gasteiger partial charge in [0.15, 0.2) is 11.6 Å². The smallest absolute Gasteiger partial charge is 0.165 e. The summed E-state index contributed by atoms with van der Waals surface area (Å²) in [7, 11) is 3.89. The van der Waals surface area contributed by atoms with E-state index in [1.165, 1.54) is 6.07 Å². The minimum Gasteiger partial charge on any atom is -0.489 e. The third-order valence-corrected chi connectivity index (χ3v) is 2.28. The third kappa shape index (κ3) is 3.79. The second-order valence-electron chi connectivity index (χ2n) is 4.13. The zero-order valence-corrected chi connectivity index (χ0v) is 10.0. The normalized spacial score (nSPS) is 12.9. The quantitative estimate of drug-likeness (QED) is 0.831. The molecule has 90 valence electrons. The van der Waals surface area contributed by atoms with E-state index in [2.05, 4.69) is 0 Å². The van der Waals surface area contributed by atoms with Crippen molar-refractivity contribution < 1.29 is 9.13 Å². The van der Waals surface area contributed by atoms with Crippen molar-refractivity contribution >= 4 is 0 Å². The molecule has 16 heavy (non-hydrogen) atoms. The van der Waals surface area contributed by atoms with Crippen molar-refractivity contribution in [3.8, 4) is 5.75 Å². The topological polar surface area (TPSA) is 38.5 Å². The third-order valence-electron chi connectivity index (χ3n) is 2.28. The van der Waals surface area contributed by atoms with Crippen molar-refractivity contribution in [1.82, 2.24) is 4.90 Å². The zero-order chi connectivity index (χ0) is 12.1. The fourth-order valence-electron chi connectivity index (χ4n) is 1.26. The molecule has 0 unspecified atom stereocenters. The zero-order valence-electron chi connectivity index (χ0n) is 10.0. The summed E-state index contributed by atoms with van der Waals surface area (Å²) < 4.78 is 18.9. The van der Waals surface area contributed by atoms with Gasteiger partial charge in [-0.15, -0.1) is 0 Å². The van der Waals surface area contributed by atoms with E-state index < -0.39 is 0 Å². The summed E-state index contributed by atoms with van der Waals surface area (Å²) in [6, 6.07) is 4.68. The molecular weight excluding hydrogens is 207 g/mol. The van der Waals surface area contributed by atoms with E-state index in [9.17, 15) is 4.39 Å². The monoisotopic (exact) mass is 226 g/mol. The Morgan fingerprint density at radius 3 is 2.62 bits per heavy atom. The molecule has 0 aliphatic rings. The van der Waals surface area contributed by atoms with Gasteiger partial charge >= 0.3 is 0 Å². The van der Waals surface area contributed by atoms with Crippen molar-refractivity contribution in [2.24, 2.45) is 5.73 Å². The standard InChI is InChI=1S/C12H19FN2O/c1-9(14)10-4-5-12(11(13)8-10)16-7-6-15(2)3/h4-5,8-9H,6-7,14H2,1-3H3/t9-/m0/s1. The summed E-state index contributed by atoms with van der Waals surface area (Å²) in [6.45, 7) is 3.05. The first kappa shape index (κ1) is 12.9. The van der Waals surface area contributed by atoms with Crippen LogP contribution >= 0.6 is 0 Å². The van der Waals surface area contributed by atoms with Crippen LogP contribution < -0.4 is 10.5 Å². The van der Waals surface area contributed by atoms with Gasteiger partial charge in [-0.1, -0.05) is 6.07 Å². The Labute approximate surface area is 96.0 Å². The molecule has 0 saturated heterocycles. The molecule has 0 spiro atoms. The van der Waals surface area contributed by atoms with Crippen molar-refractivity contribution in [1.29, 1.82) is 0 Å². The summed E-state index contributed by atoms with van der Waals surface area (Å²) in [6.07, 6.45) is 0. The van der Waals surface area contributed by atoms with Gasteiger partial charge in [-0.3, -0.25) is 0 Å². The van der Waals surface area contributed by atoms with Gasteiger partial charge in [-0.05, 0) is 38.7 Å². The van der Waals surface area contributed by atoms with E-state index in [4.69, 9.17) is 10.5 Å². The number of nitrogens with zero attached hydrogens (tertiary/aromatic N) is 1. The van der Waals surface area contributed by atoms with E-state index in [-0.39, 0.29) is 17.6 Å². The molecule has 0 aliphatic carbocycles. The Morgan fingerprint density at radius 1 is 1.44 bits per heavy atom. The van der Waals surface area contributed by atoms with Crippen LogP contribution in [0.1, 0.15) is 18.5 Å². The number of hydrogen-bond acceptors (Lipinski definition) is 3. The highest BCUT2D eigenvalue weighted by atomic mass is 19.1. The molecule has 0 amide bonds. The van der Waals surface area contributed by atoms with Gasteiger partial charge in [-0.25, -0.2) is 4.39 Å². The molecule has 0 saturated carbocycles. The molecule has 0 aliphatic heterocycles. The van der Waals surface area contributed by atoms with Crippen molar-refractivity contribution in [2.45, 2.75) is 13.0 Å². The number of likely N-dealkylation sites (N-methyl/N-ethyl adjacent to an activating group) is 1. The highest BCUT2D eigenvalue weighted by Gasteiger charge is 2.07. The van der Waals surface area contributed by atoms with E-state index in [1.54, 1.807) is 12.1 Å². The lowest BCUT2D eigenvalue weighted by atomic mass is 10.1. The number of benzene rings is 1. The van der Waals surface area contributed by atoms with Crippen LogP contribution in [0, 0.1) is 5.82 Å². The van der Waals surface area contributed by atoms with Gasteiger partial charge in [0.05, 0.1) is 0 Å². The highest BCUT2D eigenvalue weighted by molar-refractivity contribution is 5.30. The first-order valence-corrected chi connectivity index (χ1v) is 5.33. The maximum absolute atomic E-state index is 13.5. The van der Waals surface area contributed by atoms with Gasteiger partial charge in [-0.2, -0.15) is 0 Å². The molecule has 3 nitrogen and oxygen atoms in total. The van der Waals surface area contributed by atoms with Crippen LogP contribution in [0.4, 0.5) is 4.39 Å². The summed E-state index contributed by atoms with van der Waals surface area (Å²) in [4.78, 5) is 1.98. The van der Waals surface area contributed by atoms with E-state index in [1.807, 2.05) is 25.9 Å². The minimum absolute atomic E-state index is 0.162. The molecule has 1 aromatic rings. The predicted octanol–water partition coefficient (Wildman–Crippen LogP) is 1.79. The first-order valence-electron chi connectivity index (χ1n) is 5.33. The van der Waals surface area contributed by atoms with Crippen LogP contribution in [0.15, 0.2) is 18.2 Å².